The summed E-state index contributed by atoms with van der Waals surface area (Å²) < 4.78 is 16.8. The quantitative estimate of drug-likeness (QED) is 0.912. The number of hydrogen-bond acceptors (Lipinski definition) is 5. The molecule has 0 amide bonds. The van der Waals surface area contributed by atoms with E-state index in [0.717, 1.165) is 10.0 Å². The molecule has 2 heterocycles. The first kappa shape index (κ1) is 13.7. The standard InChI is InChI=1S/C14H10BrNO5/c15-9-1-8(4-16-5-9)6-19-11-3-13-12(20-7-21-13)2-10(11)14(17)18/h1-5H,6-7H2,(H,17,18). The van der Waals surface area contributed by atoms with Gasteiger partial charge in [0.25, 0.3) is 0 Å². The fourth-order valence-corrected chi connectivity index (χ4v) is 2.32. The van der Waals surface area contributed by atoms with E-state index in [9.17, 15) is 9.90 Å². The molecule has 7 heteroatoms. The van der Waals surface area contributed by atoms with Gasteiger partial charge >= 0.3 is 5.97 Å². The van der Waals surface area contributed by atoms with Gasteiger partial charge in [-0.2, -0.15) is 0 Å². The average molecular weight is 352 g/mol. The molecule has 1 aromatic heterocycles. The van der Waals surface area contributed by atoms with Crippen molar-refractivity contribution in [3.63, 3.8) is 0 Å². The van der Waals surface area contributed by atoms with E-state index in [1.807, 2.05) is 6.07 Å². The number of carbonyl (C=O) groups is 1. The van der Waals surface area contributed by atoms with Crippen LogP contribution in [0.3, 0.4) is 0 Å². The predicted molar refractivity (Wildman–Crippen MR) is 75.8 cm³/mol. The van der Waals surface area contributed by atoms with Crippen LogP contribution in [-0.2, 0) is 6.61 Å². The number of halogens is 1. The molecule has 2 aromatic rings. The zero-order valence-electron chi connectivity index (χ0n) is 10.7. The maximum absolute atomic E-state index is 11.3. The van der Waals surface area contributed by atoms with E-state index in [4.69, 9.17) is 14.2 Å². The van der Waals surface area contributed by atoms with Crippen molar-refractivity contribution < 1.29 is 24.1 Å². The van der Waals surface area contributed by atoms with Crippen LogP contribution in [0.5, 0.6) is 17.2 Å². The van der Waals surface area contributed by atoms with Crippen molar-refractivity contribution in [1.82, 2.24) is 4.98 Å². The molecular weight excluding hydrogens is 342 g/mol. The van der Waals surface area contributed by atoms with Gasteiger partial charge in [0.2, 0.25) is 6.79 Å². The fraction of sp³-hybridized carbons (Fsp3) is 0.143. The van der Waals surface area contributed by atoms with Gasteiger partial charge in [-0.25, -0.2) is 4.79 Å². The second-order valence-electron chi connectivity index (χ2n) is 4.31. The molecule has 0 spiro atoms. The maximum Gasteiger partial charge on any atom is 0.339 e. The van der Waals surface area contributed by atoms with Crippen LogP contribution in [0.25, 0.3) is 0 Å². The van der Waals surface area contributed by atoms with Crippen LogP contribution in [-0.4, -0.2) is 22.9 Å². The van der Waals surface area contributed by atoms with Crippen LogP contribution in [0.15, 0.2) is 35.1 Å². The van der Waals surface area contributed by atoms with Gasteiger partial charge in [-0.15, -0.1) is 0 Å². The van der Waals surface area contributed by atoms with Crippen molar-refractivity contribution in [2.24, 2.45) is 0 Å². The number of fused-ring (bicyclic) bond motifs is 1. The lowest BCUT2D eigenvalue weighted by atomic mass is 10.1. The lowest BCUT2D eigenvalue weighted by Crippen LogP contribution is -2.04. The summed E-state index contributed by atoms with van der Waals surface area (Å²) in [4.78, 5) is 15.3. The molecule has 1 aromatic carbocycles. The van der Waals surface area contributed by atoms with Crippen LogP contribution >= 0.6 is 15.9 Å². The van der Waals surface area contributed by atoms with E-state index in [1.54, 1.807) is 12.4 Å². The van der Waals surface area contributed by atoms with E-state index >= 15 is 0 Å². The first-order chi connectivity index (χ1) is 10.1. The van der Waals surface area contributed by atoms with Crippen molar-refractivity contribution in [2.75, 3.05) is 6.79 Å². The molecule has 1 N–H and O–H groups in total. The molecule has 0 aliphatic carbocycles. The van der Waals surface area contributed by atoms with E-state index in [2.05, 4.69) is 20.9 Å². The summed E-state index contributed by atoms with van der Waals surface area (Å²) in [5.74, 6) is 0.0219. The molecule has 0 atom stereocenters. The molecule has 6 nitrogen and oxygen atoms in total. The number of hydrogen-bond donors (Lipinski definition) is 1. The number of aromatic nitrogens is 1. The summed E-state index contributed by atoms with van der Waals surface area (Å²) in [6.45, 7) is 0.278. The molecule has 0 unspecified atom stereocenters. The lowest BCUT2D eigenvalue weighted by Gasteiger charge is -2.10. The molecule has 0 saturated heterocycles. The SMILES string of the molecule is O=C(O)c1cc2c(cc1OCc1cncc(Br)c1)OCO2. The van der Waals surface area contributed by atoms with Gasteiger partial charge in [-0.05, 0) is 22.0 Å². The molecular formula is C14H10BrNO5. The van der Waals surface area contributed by atoms with Crippen LogP contribution in [0.2, 0.25) is 0 Å². The maximum atomic E-state index is 11.3. The van der Waals surface area contributed by atoms with E-state index in [0.29, 0.717) is 11.5 Å². The minimum atomic E-state index is -1.09. The number of nitrogens with zero attached hydrogens (tertiary/aromatic N) is 1. The highest BCUT2D eigenvalue weighted by atomic mass is 79.9. The first-order valence-electron chi connectivity index (χ1n) is 6.02. The van der Waals surface area contributed by atoms with Crippen LogP contribution in [0.4, 0.5) is 0 Å². The summed E-state index contributed by atoms with van der Waals surface area (Å²) in [6.07, 6.45) is 3.31. The molecule has 3 rings (SSSR count). The van der Waals surface area contributed by atoms with E-state index in [1.165, 1.54) is 12.1 Å². The Bertz CT molecular complexity index is 704. The van der Waals surface area contributed by atoms with Crippen molar-refractivity contribution in [3.8, 4) is 17.2 Å². The molecule has 21 heavy (non-hydrogen) atoms. The number of aromatic carboxylic acids is 1. The van der Waals surface area contributed by atoms with Crippen LogP contribution < -0.4 is 14.2 Å². The summed E-state index contributed by atoms with van der Waals surface area (Å²) in [5.41, 5.74) is 0.848. The number of benzene rings is 1. The Kier molecular flexibility index (Phi) is 3.66. The third kappa shape index (κ3) is 2.92. The number of carboxylic acids is 1. The minimum absolute atomic E-state index is 0.0298. The Labute approximate surface area is 128 Å². The average Bonchev–Trinajstić information content (AvgIpc) is 2.91. The Balaban J connectivity index is 1.86. The monoisotopic (exact) mass is 351 g/mol. The van der Waals surface area contributed by atoms with Gasteiger partial charge in [0.1, 0.15) is 17.9 Å². The summed E-state index contributed by atoms with van der Waals surface area (Å²) in [6, 6.07) is 4.77. The lowest BCUT2D eigenvalue weighted by molar-refractivity contribution is 0.0691. The van der Waals surface area contributed by atoms with E-state index < -0.39 is 5.97 Å². The zero-order chi connectivity index (χ0) is 14.8. The normalized spacial score (nSPS) is 12.2. The molecule has 0 saturated carbocycles. The Morgan fingerprint density at radius 2 is 2.05 bits per heavy atom. The summed E-state index contributed by atoms with van der Waals surface area (Å²) in [7, 11) is 0. The molecule has 108 valence electrons. The van der Waals surface area contributed by atoms with Crippen LogP contribution in [0, 0.1) is 0 Å². The highest BCUT2D eigenvalue weighted by Gasteiger charge is 2.21. The van der Waals surface area contributed by atoms with Gasteiger partial charge in [0.05, 0.1) is 0 Å². The smallest absolute Gasteiger partial charge is 0.339 e. The number of ether oxygens (including phenoxy) is 3. The third-order valence-corrected chi connectivity index (χ3v) is 3.29. The topological polar surface area (TPSA) is 77.9 Å². The minimum Gasteiger partial charge on any atom is -0.488 e. The van der Waals surface area contributed by atoms with Crippen molar-refractivity contribution in [2.45, 2.75) is 6.61 Å². The molecule has 1 aliphatic heterocycles. The summed E-state index contributed by atoms with van der Waals surface area (Å²) in [5, 5.41) is 9.24. The Morgan fingerprint density at radius 1 is 1.29 bits per heavy atom. The molecule has 0 radical (unpaired) electrons. The molecule has 1 aliphatic rings. The molecule has 0 bridgehead atoms. The fourth-order valence-electron chi connectivity index (χ4n) is 1.91. The third-order valence-electron chi connectivity index (χ3n) is 2.86. The largest absolute Gasteiger partial charge is 0.488 e. The van der Waals surface area contributed by atoms with Gasteiger partial charge < -0.3 is 19.3 Å². The second-order valence-corrected chi connectivity index (χ2v) is 5.22. The number of carboxylic acid groups (broad SMARTS) is 1. The highest BCUT2D eigenvalue weighted by molar-refractivity contribution is 9.10. The second kappa shape index (κ2) is 5.61. The van der Waals surface area contributed by atoms with Gasteiger partial charge in [-0.3, -0.25) is 4.98 Å². The van der Waals surface area contributed by atoms with Crippen molar-refractivity contribution >= 4 is 21.9 Å². The summed E-state index contributed by atoms with van der Waals surface area (Å²) >= 11 is 3.32. The first-order valence-corrected chi connectivity index (χ1v) is 6.82. The van der Waals surface area contributed by atoms with Crippen molar-refractivity contribution in [3.05, 3.63) is 46.2 Å². The van der Waals surface area contributed by atoms with Crippen molar-refractivity contribution in [1.29, 1.82) is 0 Å². The van der Waals surface area contributed by atoms with Crippen LogP contribution in [0.1, 0.15) is 15.9 Å². The zero-order valence-corrected chi connectivity index (χ0v) is 12.3. The Morgan fingerprint density at radius 3 is 2.76 bits per heavy atom. The predicted octanol–water partition coefficient (Wildman–Crippen LogP) is 2.85. The molecule has 0 fully saturated rings. The van der Waals surface area contributed by atoms with Gasteiger partial charge in [0, 0.05) is 34.6 Å². The number of pyridine rings is 1. The van der Waals surface area contributed by atoms with E-state index in [-0.39, 0.29) is 24.7 Å². The number of rotatable bonds is 4. The Hall–Kier alpha value is -2.28. The van der Waals surface area contributed by atoms with Gasteiger partial charge in [-0.1, -0.05) is 0 Å². The highest BCUT2D eigenvalue weighted by Crippen LogP contribution is 2.38. The van der Waals surface area contributed by atoms with Gasteiger partial charge in [0.15, 0.2) is 11.5 Å².